The summed E-state index contributed by atoms with van der Waals surface area (Å²) in [6, 6.07) is 12.0. The number of carbonyl (C=O) groups excluding carboxylic acids is 2. The van der Waals surface area contributed by atoms with Crippen LogP contribution >= 0.6 is 0 Å². The molecule has 42 heavy (non-hydrogen) atoms. The van der Waals surface area contributed by atoms with E-state index in [1.54, 1.807) is 32.4 Å². The number of para-hydroxylation sites is 1. The Hall–Kier alpha value is -3.63. The molecule has 10 heteroatoms. The second-order valence-electron chi connectivity index (χ2n) is 12.2. The molecule has 2 atom stereocenters. The van der Waals surface area contributed by atoms with Crippen LogP contribution in [-0.4, -0.2) is 66.8 Å². The molecule has 0 aromatic heterocycles. The molecule has 1 fully saturated rings. The molecule has 10 nitrogen and oxygen atoms in total. The Kier molecular flexibility index (Phi) is 7.98. The molecule has 2 amide bonds. The number of methoxy groups -OCH3 is 2. The zero-order valence-corrected chi connectivity index (χ0v) is 25.3. The highest BCUT2D eigenvalue weighted by molar-refractivity contribution is 6.00. The first-order valence-electron chi connectivity index (χ1n) is 14.6. The van der Waals surface area contributed by atoms with Gasteiger partial charge in [-0.15, -0.1) is 0 Å². The van der Waals surface area contributed by atoms with E-state index in [1.165, 1.54) is 4.90 Å². The van der Waals surface area contributed by atoms with Crippen molar-refractivity contribution in [3.8, 4) is 11.5 Å². The first-order chi connectivity index (χ1) is 20.0. The van der Waals surface area contributed by atoms with E-state index in [2.05, 4.69) is 10.6 Å². The number of hydrogen-bond donors (Lipinski definition) is 3. The summed E-state index contributed by atoms with van der Waals surface area (Å²) in [5.41, 5.74) is -0.0574. The zero-order chi connectivity index (χ0) is 30.3. The molecule has 0 radical (unpaired) electrons. The van der Waals surface area contributed by atoms with E-state index in [4.69, 9.17) is 24.4 Å². The van der Waals surface area contributed by atoms with Crippen molar-refractivity contribution in [3.63, 3.8) is 0 Å². The first-order valence-corrected chi connectivity index (χ1v) is 14.6. The van der Waals surface area contributed by atoms with Crippen molar-refractivity contribution in [1.29, 1.82) is 5.41 Å². The Balaban J connectivity index is 1.51. The molecule has 0 bridgehead atoms. The monoisotopic (exact) mass is 578 g/mol. The number of hydrogen-bond acceptors (Lipinski definition) is 7. The smallest absolute Gasteiger partial charge is 0.251 e. The Morgan fingerprint density at radius 2 is 1.71 bits per heavy atom. The topological polar surface area (TPSA) is 122 Å². The fourth-order valence-electron chi connectivity index (χ4n) is 6.65. The van der Waals surface area contributed by atoms with E-state index in [1.807, 2.05) is 52.0 Å². The summed E-state index contributed by atoms with van der Waals surface area (Å²) in [5, 5.41) is 15.5. The van der Waals surface area contributed by atoms with Crippen LogP contribution in [0.25, 0.3) is 0 Å². The van der Waals surface area contributed by atoms with Crippen LogP contribution in [0.4, 0.5) is 0 Å². The maximum Gasteiger partial charge on any atom is 0.251 e. The number of nitrogens with one attached hydrogen (secondary N) is 3. The molecule has 0 unspecified atom stereocenters. The van der Waals surface area contributed by atoms with Crippen LogP contribution in [0.15, 0.2) is 42.5 Å². The van der Waals surface area contributed by atoms with E-state index in [-0.39, 0.29) is 43.5 Å². The summed E-state index contributed by atoms with van der Waals surface area (Å²) in [7, 11) is 3.13. The van der Waals surface area contributed by atoms with Gasteiger partial charge in [0.2, 0.25) is 5.91 Å². The summed E-state index contributed by atoms with van der Waals surface area (Å²) in [5.74, 6) is 0.848. The molecule has 0 spiro atoms. The van der Waals surface area contributed by atoms with Gasteiger partial charge in [-0.05, 0) is 51.0 Å². The van der Waals surface area contributed by atoms with Crippen LogP contribution in [0.5, 0.6) is 11.5 Å². The first kappa shape index (κ1) is 29.8. The quantitative estimate of drug-likeness (QED) is 0.401. The SMILES string of the molecule is CCC1(CC)CC(=O)N([C@H]2c3cc(C(=O)N[C@H]4CC(C)(C)Oc5ccccc54)ccc3OC2(COC)COC)C(=N)N1. The largest absolute Gasteiger partial charge is 0.487 e. The Morgan fingerprint density at radius 3 is 2.36 bits per heavy atom. The van der Waals surface area contributed by atoms with E-state index in [0.717, 1.165) is 11.3 Å². The molecule has 0 aliphatic carbocycles. The maximum absolute atomic E-state index is 13.8. The van der Waals surface area contributed by atoms with E-state index >= 15 is 0 Å². The zero-order valence-electron chi connectivity index (χ0n) is 25.3. The van der Waals surface area contributed by atoms with Crippen LogP contribution in [0, 0.1) is 5.41 Å². The summed E-state index contributed by atoms with van der Waals surface area (Å²) < 4.78 is 23.8. The van der Waals surface area contributed by atoms with Gasteiger partial charge < -0.3 is 29.6 Å². The van der Waals surface area contributed by atoms with Gasteiger partial charge >= 0.3 is 0 Å². The molecule has 1 saturated heterocycles. The van der Waals surface area contributed by atoms with Gasteiger partial charge in [0.15, 0.2) is 11.6 Å². The third-order valence-corrected chi connectivity index (χ3v) is 8.83. The highest BCUT2D eigenvalue weighted by atomic mass is 16.6. The number of carbonyl (C=O) groups is 2. The molecular weight excluding hydrogens is 536 g/mol. The molecule has 3 aliphatic rings. The molecule has 2 aromatic carbocycles. The molecular formula is C32H42N4O6. The van der Waals surface area contributed by atoms with Crippen LogP contribution in [-0.2, 0) is 14.3 Å². The fraction of sp³-hybridized carbons (Fsp3) is 0.531. The summed E-state index contributed by atoms with van der Waals surface area (Å²) in [6.45, 7) is 8.27. The number of guanidine groups is 1. The number of rotatable bonds is 9. The van der Waals surface area contributed by atoms with Crippen molar-refractivity contribution in [1.82, 2.24) is 15.5 Å². The Bertz CT molecular complexity index is 1340. The number of ether oxygens (including phenoxy) is 4. The molecule has 3 N–H and O–H groups in total. The summed E-state index contributed by atoms with van der Waals surface area (Å²) in [4.78, 5) is 29.0. The highest BCUT2D eigenvalue weighted by Crippen LogP contribution is 2.49. The molecule has 2 aromatic rings. The van der Waals surface area contributed by atoms with Gasteiger partial charge in [0.25, 0.3) is 5.91 Å². The lowest BCUT2D eigenvalue weighted by atomic mass is 9.84. The fourth-order valence-corrected chi connectivity index (χ4v) is 6.65. The lowest BCUT2D eigenvalue weighted by molar-refractivity contribution is -0.141. The van der Waals surface area contributed by atoms with Gasteiger partial charge in [-0.1, -0.05) is 32.0 Å². The third-order valence-electron chi connectivity index (χ3n) is 8.83. The van der Waals surface area contributed by atoms with Crippen molar-refractivity contribution >= 4 is 17.8 Å². The number of fused-ring (bicyclic) bond motifs is 2. The van der Waals surface area contributed by atoms with Crippen molar-refractivity contribution in [2.24, 2.45) is 0 Å². The molecule has 0 saturated carbocycles. The predicted molar refractivity (Wildman–Crippen MR) is 158 cm³/mol. The standard InChI is InChI=1S/C32H42N4O6/c1-7-31(8-2)17-26(37)36(29(33)35-31)27-22-15-20(13-14-25(22)42-32(27,18-39-5)19-40-6)28(38)34-23-16-30(3,4)41-24-12-10-9-11-21(23)24/h9-15,23,27H,7-8,16-19H2,1-6H3,(H2,33,35)(H,34,38)/t23-,27-/m0/s1. The van der Waals surface area contributed by atoms with Crippen LogP contribution in [0.3, 0.4) is 0 Å². The summed E-state index contributed by atoms with van der Waals surface area (Å²) >= 11 is 0. The Labute approximate surface area is 247 Å². The molecule has 3 heterocycles. The van der Waals surface area contributed by atoms with E-state index < -0.39 is 22.8 Å². The highest BCUT2D eigenvalue weighted by Gasteiger charge is 2.56. The molecule has 226 valence electrons. The van der Waals surface area contributed by atoms with Gasteiger partial charge in [0.1, 0.15) is 23.1 Å². The maximum atomic E-state index is 13.8. The summed E-state index contributed by atoms with van der Waals surface area (Å²) in [6.07, 6.45) is 2.27. The van der Waals surface area contributed by atoms with Crippen LogP contribution in [0.2, 0.25) is 0 Å². The van der Waals surface area contributed by atoms with Crippen LogP contribution in [0.1, 0.15) is 86.9 Å². The second kappa shape index (κ2) is 11.2. The Morgan fingerprint density at radius 1 is 1.05 bits per heavy atom. The van der Waals surface area contributed by atoms with Crippen molar-refractivity contribution < 1.29 is 28.5 Å². The van der Waals surface area contributed by atoms with Gasteiger partial charge in [0, 0.05) is 42.9 Å². The number of amides is 2. The minimum absolute atomic E-state index is 0.00359. The normalized spacial score (nSPS) is 23.2. The van der Waals surface area contributed by atoms with E-state index in [9.17, 15) is 9.59 Å². The number of nitrogens with zero attached hydrogens (tertiary/aromatic N) is 1. The van der Waals surface area contributed by atoms with E-state index in [0.29, 0.717) is 36.1 Å². The minimum atomic E-state index is -1.12. The number of benzene rings is 2. The molecule has 3 aliphatic heterocycles. The van der Waals surface area contributed by atoms with Gasteiger partial charge in [-0.2, -0.15) is 0 Å². The van der Waals surface area contributed by atoms with Crippen molar-refractivity contribution in [2.45, 2.75) is 82.2 Å². The minimum Gasteiger partial charge on any atom is -0.487 e. The second-order valence-corrected chi connectivity index (χ2v) is 12.2. The average molecular weight is 579 g/mol. The van der Waals surface area contributed by atoms with Crippen molar-refractivity contribution in [2.75, 3.05) is 27.4 Å². The van der Waals surface area contributed by atoms with Gasteiger partial charge in [0.05, 0.1) is 25.7 Å². The van der Waals surface area contributed by atoms with Gasteiger partial charge in [-0.3, -0.25) is 19.9 Å². The lowest BCUT2D eigenvalue weighted by Gasteiger charge is -2.47. The van der Waals surface area contributed by atoms with Crippen molar-refractivity contribution in [3.05, 3.63) is 59.2 Å². The lowest BCUT2D eigenvalue weighted by Crippen LogP contribution is -2.66. The van der Waals surface area contributed by atoms with Crippen LogP contribution < -0.4 is 20.1 Å². The van der Waals surface area contributed by atoms with Gasteiger partial charge in [-0.25, -0.2) is 0 Å². The average Bonchev–Trinajstić information content (AvgIpc) is 3.24. The molecule has 5 rings (SSSR count). The predicted octanol–water partition coefficient (Wildman–Crippen LogP) is 4.50. The third kappa shape index (κ3) is 5.22.